The first-order valence-electron chi connectivity index (χ1n) is 9.83. The molecular formula is C20H29N5O3S. The fourth-order valence-corrected chi connectivity index (χ4v) is 4.36. The van der Waals surface area contributed by atoms with Gasteiger partial charge in [-0.15, -0.1) is 11.3 Å². The summed E-state index contributed by atoms with van der Waals surface area (Å²) in [5, 5.41) is 5.69. The molecule has 0 aliphatic carbocycles. The molecule has 29 heavy (non-hydrogen) atoms. The summed E-state index contributed by atoms with van der Waals surface area (Å²) >= 11 is 1.56. The van der Waals surface area contributed by atoms with Gasteiger partial charge in [0.15, 0.2) is 5.13 Å². The van der Waals surface area contributed by atoms with E-state index in [1.807, 2.05) is 10.3 Å². The van der Waals surface area contributed by atoms with Gasteiger partial charge < -0.3 is 15.0 Å². The van der Waals surface area contributed by atoms with Crippen LogP contribution in [-0.2, 0) is 20.7 Å². The number of nitrogens with zero attached hydrogens (tertiary/aromatic N) is 4. The summed E-state index contributed by atoms with van der Waals surface area (Å²) in [7, 11) is 1.61. The number of hydrogen-bond acceptors (Lipinski definition) is 6. The molecule has 8 nitrogen and oxygen atoms in total. The molecule has 3 heterocycles. The first kappa shape index (κ1) is 21.5. The van der Waals surface area contributed by atoms with Crippen LogP contribution in [0, 0.1) is 13.8 Å². The Bertz CT molecular complexity index is 820. The number of rotatable bonds is 8. The first-order chi connectivity index (χ1) is 14.0. The number of methoxy groups -OCH3 is 1. The normalized spacial score (nSPS) is 14.9. The van der Waals surface area contributed by atoms with Crippen molar-refractivity contribution in [1.82, 2.24) is 24.7 Å². The number of aryl methyl sites for hydroxylation is 2. The molecule has 1 fully saturated rings. The summed E-state index contributed by atoms with van der Waals surface area (Å²) in [5.41, 5.74) is 3.08. The van der Waals surface area contributed by atoms with Gasteiger partial charge in [0.05, 0.1) is 25.3 Å². The van der Waals surface area contributed by atoms with E-state index in [2.05, 4.69) is 45.7 Å². The summed E-state index contributed by atoms with van der Waals surface area (Å²) in [4.78, 5) is 33.2. The highest BCUT2D eigenvalue weighted by molar-refractivity contribution is 7.12. The quantitative estimate of drug-likeness (QED) is 0.646. The van der Waals surface area contributed by atoms with Crippen LogP contribution in [0.25, 0.3) is 5.13 Å². The number of carbonyl (C=O) groups is 2. The van der Waals surface area contributed by atoms with Crippen LogP contribution < -0.4 is 5.32 Å². The summed E-state index contributed by atoms with van der Waals surface area (Å²) < 4.78 is 7.03. The number of ether oxygens (including phenoxy) is 1. The number of hydrogen-bond donors (Lipinski definition) is 1. The highest BCUT2D eigenvalue weighted by Gasteiger charge is 2.23. The average molecular weight is 420 g/mol. The minimum Gasteiger partial charge on any atom is -0.383 e. The van der Waals surface area contributed by atoms with Gasteiger partial charge in [-0.05, 0) is 26.0 Å². The van der Waals surface area contributed by atoms with Crippen molar-refractivity contribution in [2.75, 3.05) is 53.0 Å². The summed E-state index contributed by atoms with van der Waals surface area (Å²) in [6, 6.07) is 4.14. The van der Waals surface area contributed by atoms with Crippen molar-refractivity contribution in [3.8, 4) is 5.13 Å². The van der Waals surface area contributed by atoms with Crippen molar-refractivity contribution < 1.29 is 14.3 Å². The molecule has 9 heteroatoms. The SMILES string of the molecule is COCCNC(=O)CN1CCN(C(=O)Cc2csc(-n3c(C)ccc3C)n2)CC1. The lowest BCUT2D eigenvalue weighted by Gasteiger charge is -2.34. The van der Waals surface area contributed by atoms with Crippen molar-refractivity contribution >= 4 is 23.2 Å². The zero-order valence-corrected chi connectivity index (χ0v) is 18.1. The predicted molar refractivity (Wildman–Crippen MR) is 113 cm³/mol. The Morgan fingerprint density at radius 1 is 1.17 bits per heavy atom. The summed E-state index contributed by atoms with van der Waals surface area (Å²) in [6.07, 6.45) is 0.313. The molecule has 1 N–H and O–H groups in total. The second-order valence-electron chi connectivity index (χ2n) is 7.25. The van der Waals surface area contributed by atoms with Gasteiger partial charge in [0, 0.05) is 56.6 Å². The maximum atomic E-state index is 12.7. The average Bonchev–Trinajstić information content (AvgIpc) is 3.28. The van der Waals surface area contributed by atoms with E-state index in [-0.39, 0.29) is 11.8 Å². The molecule has 2 amide bonds. The first-order valence-corrected chi connectivity index (χ1v) is 10.7. The van der Waals surface area contributed by atoms with Gasteiger partial charge in [0.25, 0.3) is 0 Å². The number of nitrogens with one attached hydrogen (secondary N) is 1. The van der Waals surface area contributed by atoms with Crippen molar-refractivity contribution in [1.29, 1.82) is 0 Å². The summed E-state index contributed by atoms with van der Waals surface area (Å²) in [6.45, 7) is 8.17. The molecule has 1 aliphatic heterocycles. The van der Waals surface area contributed by atoms with Crippen molar-refractivity contribution in [2.45, 2.75) is 20.3 Å². The van der Waals surface area contributed by atoms with E-state index < -0.39 is 0 Å². The molecule has 0 atom stereocenters. The zero-order chi connectivity index (χ0) is 20.8. The zero-order valence-electron chi connectivity index (χ0n) is 17.3. The number of aromatic nitrogens is 2. The number of piperazine rings is 1. The van der Waals surface area contributed by atoms with Crippen LogP contribution >= 0.6 is 11.3 Å². The predicted octanol–water partition coefficient (Wildman–Crippen LogP) is 1.000. The minimum atomic E-state index is -0.00701. The third-order valence-electron chi connectivity index (χ3n) is 5.05. The van der Waals surface area contributed by atoms with E-state index in [9.17, 15) is 9.59 Å². The molecule has 1 saturated heterocycles. The molecule has 3 rings (SSSR count). The molecule has 0 bridgehead atoms. The lowest BCUT2D eigenvalue weighted by molar-refractivity contribution is -0.132. The van der Waals surface area contributed by atoms with Crippen LogP contribution in [0.15, 0.2) is 17.5 Å². The Hall–Kier alpha value is -2.23. The van der Waals surface area contributed by atoms with Gasteiger partial charge >= 0.3 is 0 Å². The second kappa shape index (κ2) is 10.00. The van der Waals surface area contributed by atoms with Gasteiger partial charge in [-0.2, -0.15) is 0 Å². The third-order valence-corrected chi connectivity index (χ3v) is 5.93. The Labute approximate surface area is 175 Å². The number of amides is 2. The molecule has 2 aromatic rings. The highest BCUT2D eigenvalue weighted by atomic mass is 32.1. The molecule has 0 unspecified atom stereocenters. The number of carbonyl (C=O) groups excluding carboxylic acids is 2. The van der Waals surface area contributed by atoms with Crippen LogP contribution in [0.4, 0.5) is 0 Å². The van der Waals surface area contributed by atoms with Crippen molar-refractivity contribution in [2.24, 2.45) is 0 Å². The highest BCUT2D eigenvalue weighted by Crippen LogP contribution is 2.21. The van der Waals surface area contributed by atoms with Gasteiger partial charge in [-0.25, -0.2) is 4.98 Å². The van der Waals surface area contributed by atoms with Crippen molar-refractivity contribution in [3.63, 3.8) is 0 Å². The molecule has 0 spiro atoms. The van der Waals surface area contributed by atoms with Crippen LogP contribution in [0.3, 0.4) is 0 Å². The third kappa shape index (κ3) is 5.65. The van der Waals surface area contributed by atoms with Crippen LogP contribution in [-0.4, -0.2) is 84.2 Å². The topological polar surface area (TPSA) is 79.7 Å². The monoisotopic (exact) mass is 419 g/mol. The fraction of sp³-hybridized carbons (Fsp3) is 0.550. The fourth-order valence-electron chi connectivity index (χ4n) is 3.42. The maximum absolute atomic E-state index is 12.7. The van der Waals surface area contributed by atoms with Gasteiger partial charge in [0.1, 0.15) is 0 Å². The van der Waals surface area contributed by atoms with E-state index >= 15 is 0 Å². The molecule has 2 aromatic heterocycles. The minimum absolute atomic E-state index is 0.00701. The van der Waals surface area contributed by atoms with E-state index in [1.54, 1.807) is 18.4 Å². The van der Waals surface area contributed by atoms with Crippen LogP contribution in [0.1, 0.15) is 17.1 Å². The largest absolute Gasteiger partial charge is 0.383 e. The van der Waals surface area contributed by atoms with E-state index in [0.29, 0.717) is 52.3 Å². The van der Waals surface area contributed by atoms with Gasteiger partial charge in [0.2, 0.25) is 11.8 Å². The van der Waals surface area contributed by atoms with Gasteiger partial charge in [-0.1, -0.05) is 0 Å². The summed E-state index contributed by atoms with van der Waals surface area (Å²) in [5.74, 6) is 0.0828. The Morgan fingerprint density at radius 2 is 1.86 bits per heavy atom. The Balaban J connectivity index is 1.46. The lowest BCUT2D eigenvalue weighted by Crippen LogP contribution is -2.51. The standard InChI is InChI=1S/C20H29N5O3S/c1-15-4-5-16(2)25(15)20-22-17(14-29-20)12-19(27)24-9-7-23(8-10-24)13-18(26)21-6-11-28-3/h4-5,14H,6-13H2,1-3H3,(H,21,26). The molecule has 0 radical (unpaired) electrons. The molecule has 0 saturated carbocycles. The van der Waals surface area contributed by atoms with Crippen molar-refractivity contribution in [3.05, 3.63) is 34.6 Å². The van der Waals surface area contributed by atoms with Crippen LogP contribution in [0.2, 0.25) is 0 Å². The van der Waals surface area contributed by atoms with E-state index in [1.165, 1.54) is 0 Å². The molecular weight excluding hydrogens is 390 g/mol. The molecule has 1 aliphatic rings. The van der Waals surface area contributed by atoms with Gasteiger partial charge in [-0.3, -0.25) is 19.1 Å². The second-order valence-corrected chi connectivity index (χ2v) is 8.09. The smallest absolute Gasteiger partial charge is 0.234 e. The number of thiazole rings is 1. The van der Waals surface area contributed by atoms with E-state index in [0.717, 1.165) is 22.2 Å². The Morgan fingerprint density at radius 3 is 2.52 bits per heavy atom. The maximum Gasteiger partial charge on any atom is 0.234 e. The van der Waals surface area contributed by atoms with Crippen LogP contribution in [0.5, 0.6) is 0 Å². The Kier molecular flexibility index (Phi) is 7.40. The molecule has 158 valence electrons. The lowest BCUT2D eigenvalue weighted by atomic mass is 10.2. The molecule has 0 aromatic carbocycles. The van der Waals surface area contributed by atoms with E-state index in [4.69, 9.17) is 4.74 Å².